The smallest absolute Gasteiger partial charge is 0.325 e. The summed E-state index contributed by atoms with van der Waals surface area (Å²) in [5.74, 6) is -0.259. The predicted octanol–water partition coefficient (Wildman–Crippen LogP) is 1.68. The largest absolute Gasteiger partial charge is 0.465 e. The molecule has 1 aromatic carbocycles. The van der Waals surface area contributed by atoms with E-state index in [1.165, 1.54) is 17.3 Å². The van der Waals surface area contributed by atoms with Crippen LogP contribution in [-0.2, 0) is 16.1 Å². The van der Waals surface area contributed by atoms with Crippen molar-refractivity contribution in [1.29, 1.82) is 0 Å². The van der Waals surface area contributed by atoms with Crippen molar-refractivity contribution < 1.29 is 9.53 Å². The Bertz CT molecular complexity index is 805. The number of rotatable bonds is 5. The highest BCUT2D eigenvalue weighted by atomic mass is 16.5. The Labute approximate surface area is 126 Å². The fraction of sp³-hybridized carbons (Fsp3) is 0.200. The van der Waals surface area contributed by atoms with Crippen molar-refractivity contribution in [3.05, 3.63) is 48.7 Å². The molecule has 0 spiro atoms. The van der Waals surface area contributed by atoms with Crippen LogP contribution in [0.15, 0.2) is 48.2 Å². The Kier molecular flexibility index (Phi) is 3.95. The Hall–Kier alpha value is -2.96. The van der Waals surface area contributed by atoms with Crippen molar-refractivity contribution in [3.8, 4) is 0 Å². The number of ether oxygens (including phenoxy) is 1. The molecule has 22 heavy (non-hydrogen) atoms. The van der Waals surface area contributed by atoms with Gasteiger partial charge in [0.2, 0.25) is 0 Å². The van der Waals surface area contributed by atoms with Gasteiger partial charge in [-0.15, -0.1) is 10.2 Å². The Morgan fingerprint density at radius 2 is 2.09 bits per heavy atom. The molecule has 0 amide bonds. The molecule has 7 nitrogen and oxygen atoms in total. The van der Waals surface area contributed by atoms with Gasteiger partial charge in [-0.25, -0.2) is 4.68 Å². The molecular weight excluding hydrogens is 282 g/mol. The molecule has 0 saturated carbocycles. The monoisotopic (exact) mass is 297 g/mol. The second kappa shape index (κ2) is 6.21. The first-order valence-electron chi connectivity index (χ1n) is 6.90. The summed E-state index contributed by atoms with van der Waals surface area (Å²) in [6.07, 6.45) is 6.62. The Morgan fingerprint density at radius 3 is 2.86 bits per heavy atom. The number of esters is 1. The molecular formula is C15H15N5O2. The van der Waals surface area contributed by atoms with Crippen molar-refractivity contribution in [3.63, 3.8) is 0 Å². The average Bonchev–Trinajstić information content (AvgIpc) is 3.14. The van der Waals surface area contributed by atoms with E-state index in [2.05, 4.69) is 15.3 Å². The number of hydrogen-bond acceptors (Lipinski definition) is 5. The van der Waals surface area contributed by atoms with E-state index in [1.54, 1.807) is 13.1 Å². The molecule has 2 heterocycles. The van der Waals surface area contributed by atoms with E-state index in [9.17, 15) is 4.79 Å². The first-order chi connectivity index (χ1) is 10.8. The van der Waals surface area contributed by atoms with Crippen LogP contribution in [0.5, 0.6) is 0 Å². The molecule has 112 valence electrons. The zero-order valence-corrected chi connectivity index (χ0v) is 12.1. The van der Waals surface area contributed by atoms with Gasteiger partial charge in [-0.05, 0) is 13.0 Å². The average molecular weight is 297 g/mol. The first-order valence-corrected chi connectivity index (χ1v) is 6.90. The molecule has 0 unspecified atom stereocenters. The molecule has 0 radical (unpaired) electrons. The third kappa shape index (κ3) is 2.88. The van der Waals surface area contributed by atoms with Gasteiger partial charge in [-0.3, -0.25) is 4.79 Å². The summed E-state index contributed by atoms with van der Waals surface area (Å²) < 4.78 is 8.38. The van der Waals surface area contributed by atoms with Crippen LogP contribution in [0.2, 0.25) is 0 Å². The summed E-state index contributed by atoms with van der Waals surface area (Å²) in [5.41, 5.74) is 1.87. The van der Waals surface area contributed by atoms with Gasteiger partial charge in [-0.2, -0.15) is 5.10 Å². The molecule has 0 N–H and O–H groups in total. The van der Waals surface area contributed by atoms with Crippen molar-refractivity contribution in [1.82, 2.24) is 19.4 Å². The van der Waals surface area contributed by atoms with Gasteiger partial charge in [0.25, 0.3) is 0 Å². The molecule has 0 atom stereocenters. The molecule has 0 aliphatic carbocycles. The number of para-hydroxylation sites is 1. The molecule has 0 fully saturated rings. The summed E-state index contributed by atoms with van der Waals surface area (Å²) >= 11 is 0. The summed E-state index contributed by atoms with van der Waals surface area (Å²) in [6.45, 7) is 2.34. The lowest BCUT2D eigenvalue weighted by Gasteiger charge is -2.04. The summed E-state index contributed by atoms with van der Waals surface area (Å²) in [5, 5.41) is 12.7. The zero-order valence-electron chi connectivity index (χ0n) is 12.1. The third-order valence-corrected chi connectivity index (χ3v) is 3.16. The van der Waals surface area contributed by atoms with E-state index in [4.69, 9.17) is 4.74 Å². The van der Waals surface area contributed by atoms with Crippen LogP contribution in [0.3, 0.4) is 0 Å². The number of hydrogen-bond donors (Lipinski definition) is 0. The molecule has 0 bridgehead atoms. The minimum absolute atomic E-state index is 0.175. The van der Waals surface area contributed by atoms with Crippen molar-refractivity contribution in [2.75, 3.05) is 6.61 Å². The predicted molar refractivity (Wildman–Crippen MR) is 81.6 cm³/mol. The normalized spacial score (nSPS) is 11.3. The zero-order chi connectivity index (χ0) is 15.4. The van der Waals surface area contributed by atoms with Gasteiger partial charge in [0.15, 0.2) is 0 Å². The number of aromatic nitrogens is 4. The van der Waals surface area contributed by atoms with Crippen molar-refractivity contribution in [2.45, 2.75) is 13.5 Å². The Balaban J connectivity index is 1.95. The fourth-order valence-corrected chi connectivity index (χ4v) is 2.24. The summed E-state index contributed by atoms with van der Waals surface area (Å²) in [7, 11) is 0. The highest BCUT2D eigenvalue weighted by molar-refractivity contribution is 5.99. The fourth-order valence-electron chi connectivity index (χ4n) is 2.24. The van der Waals surface area contributed by atoms with E-state index in [0.29, 0.717) is 6.61 Å². The second-order valence-electron chi connectivity index (χ2n) is 4.62. The maximum absolute atomic E-state index is 11.7. The third-order valence-electron chi connectivity index (χ3n) is 3.16. The molecule has 0 aliphatic rings. The topological polar surface area (TPSA) is 74.3 Å². The van der Waals surface area contributed by atoms with E-state index in [1.807, 2.05) is 35.0 Å². The molecule has 3 aromatic rings. The van der Waals surface area contributed by atoms with Crippen LogP contribution in [-0.4, -0.2) is 38.2 Å². The van der Waals surface area contributed by atoms with Crippen LogP contribution < -0.4 is 0 Å². The first kappa shape index (κ1) is 14.0. The highest BCUT2D eigenvalue weighted by Gasteiger charge is 2.10. The maximum atomic E-state index is 11.7. The van der Waals surface area contributed by atoms with Crippen LogP contribution in [0, 0.1) is 0 Å². The van der Waals surface area contributed by atoms with E-state index in [0.717, 1.165) is 16.5 Å². The molecule has 7 heteroatoms. The van der Waals surface area contributed by atoms with Crippen molar-refractivity contribution >= 4 is 23.1 Å². The van der Waals surface area contributed by atoms with E-state index >= 15 is 0 Å². The molecule has 0 saturated heterocycles. The molecule has 0 aliphatic heterocycles. The van der Waals surface area contributed by atoms with Gasteiger partial charge in [0, 0.05) is 22.7 Å². The second-order valence-corrected chi connectivity index (χ2v) is 4.62. The van der Waals surface area contributed by atoms with Gasteiger partial charge < -0.3 is 9.30 Å². The van der Waals surface area contributed by atoms with E-state index < -0.39 is 0 Å². The highest BCUT2D eigenvalue weighted by Crippen LogP contribution is 2.20. The van der Waals surface area contributed by atoms with Gasteiger partial charge in [0.05, 0.1) is 12.8 Å². The minimum atomic E-state index is -0.259. The minimum Gasteiger partial charge on any atom is -0.465 e. The van der Waals surface area contributed by atoms with Crippen LogP contribution in [0.4, 0.5) is 0 Å². The number of carbonyl (C=O) groups is 1. The van der Waals surface area contributed by atoms with Gasteiger partial charge in [-0.1, -0.05) is 18.2 Å². The van der Waals surface area contributed by atoms with Crippen LogP contribution in [0.25, 0.3) is 10.9 Å². The molecule has 2 aromatic heterocycles. The number of nitrogens with zero attached hydrogens (tertiary/aromatic N) is 5. The number of fused-ring (bicyclic) bond motifs is 1. The summed E-state index contributed by atoms with van der Waals surface area (Å²) in [4.78, 5) is 11.7. The number of carbonyl (C=O) groups excluding carboxylic acids is 1. The lowest BCUT2D eigenvalue weighted by molar-refractivity contribution is -0.143. The van der Waals surface area contributed by atoms with Gasteiger partial charge >= 0.3 is 5.97 Å². The Morgan fingerprint density at radius 1 is 1.32 bits per heavy atom. The van der Waals surface area contributed by atoms with E-state index in [-0.39, 0.29) is 12.5 Å². The lowest BCUT2D eigenvalue weighted by Crippen LogP contribution is -2.12. The molecule has 3 rings (SSSR count). The van der Waals surface area contributed by atoms with Crippen molar-refractivity contribution in [2.24, 2.45) is 5.10 Å². The van der Waals surface area contributed by atoms with Gasteiger partial charge in [0.1, 0.15) is 19.2 Å². The maximum Gasteiger partial charge on any atom is 0.325 e. The number of benzene rings is 1. The lowest BCUT2D eigenvalue weighted by atomic mass is 10.2. The standard InChI is InChI=1S/C15H15N5O2/c1-2-22-15(21)9-19-8-12(7-18-20-10-16-17-11-20)13-5-3-4-6-14(13)19/h3-8,10-11H,2,9H2,1H3/b18-7-. The quantitative estimate of drug-likeness (QED) is 0.530. The summed E-state index contributed by atoms with van der Waals surface area (Å²) in [6, 6.07) is 7.84. The van der Waals surface area contributed by atoms with Crippen LogP contribution >= 0.6 is 0 Å². The van der Waals surface area contributed by atoms with Crippen LogP contribution in [0.1, 0.15) is 12.5 Å². The SMILES string of the molecule is CCOC(=O)Cn1cc(/C=N\n2cnnc2)c2ccccc21.